The molecule has 1 aliphatic rings. The Kier molecular flexibility index (Phi) is 3.57. The van der Waals surface area contributed by atoms with Crippen molar-refractivity contribution in [3.63, 3.8) is 0 Å². The summed E-state index contributed by atoms with van der Waals surface area (Å²) in [5, 5.41) is 13.9. The number of rotatable bonds is 3. The summed E-state index contributed by atoms with van der Waals surface area (Å²) in [7, 11) is 1.62. The minimum Gasteiger partial charge on any atom is -0.482 e. The van der Waals surface area contributed by atoms with Crippen molar-refractivity contribution in [2.45, 2.75) is 0 Å². The lowest BCUT2D eigenvalue weighted by Crippen LogP contribution is -2.35. The topological polar surface area (TPSA) is 84.7 Å². The van der Waals surface area contributed by atoms with Crippen LogP contribution in [0.15, 0.2) is 36.4 Å². The molecule has 0 spiro atoms. The molecule has 1 N–H and O–H groups in total. The summed E-state index contributed by atoms with van der Waals surface area (Å²) >= 11 is 0. The Morgan fingerprint density at radius 1 is 1.30 bits per heavy atom. The highest BCUT2D eigenvalue weighted by Gasteiger charge is 2.23. The van der Waals surface area contributed by atoms with Gasteiger partial charge in [0.05, 0.1) is 16.7 Å². The van der Waals surface area contributed by atoms with Crippen LogP contribution in [-0.4, -0.2) is 24.5 Å². The van der Waals surface area contributed by atoms with Crippen LogP contribution in [0.5, 0.6) is 5.75 Å². The van der Waals surface area contributed by atoms with Gasteiger partial charge in [0.2, 0.25) is 0 Å². The molecule has 1 amide bonds. The molecule has 3 rings (SSSR count). The summed E-state index contributed by atoms with van der Waals surface area (Å²) < 4.78 is 18.5. The molecule has 2 aromatic rings. The number of carbonyl (C=O) groups excluding carboxylic acids is 1. The van der Waals surface area contributed by atoms with Crippen LogP contribution in [0.2, 0.25) is 0 Å². The van der Waals surface area contributed by atoms with Gasteiger partial charge >= 0.3 is 0 Å². The van der Waals surface area contributed by atoms with Crippen LogP contribution in [-0.2, 0) is 4.79 Å². The van der Waals surface area contributed by atoms with Gasteiger partial charge in [0.1, 0.15) is 17.3 Å². The van der Waals surface area contributed by atoms with Gasteiger partial charge in [-0.05, 0) is 30.3 Å². The number of fused-ring (bicyclic) bond motifs is 1. The first-order valence-electron chi connectivity index (χ1n) is 6.70. The molecule has 0 unspecified atom stereocenters. The second-order valence-corrected chi connectivity index (χ2v) is 4.97. The third kappa shape index (κ3) is 2.78. The first-order valence-corrected chi connectivity index (χ1v) is 6.70. The second kappa shape index (κ2) is 5.56. The number of amides is 1. The Morgan fingerprint density at radius 3 is 2.83 bits per heavy atom. The summed E-state index contributed by atoms with van der Waals surface area (Å²) in [5.41, 5.74) is 0.852. The molecule has 0 aliphatic carbocycles. The largest absolute Gasteiger partial charge is 0.482 e. The van der Waals surface area contributed by atoms with Gasteiger partial charge < -0.3 is 15.0 Å². The highest BCUT2D eigenvalue weighted by atomic mass is 19.1. The van der Waals surface area contributed by atoms with E-state index in [1.165, 1.54) is 11.0 Å². The molecular weight excluding hydrogens is 305 g/mol. The smallest absolute Gasteiger partial charge is 0.295 e. The van der Waals surface area contributed by atoms with Crippen LogP contribution >= 0.6 is 0 Å². The van der Waals surface area contributed by atoms with Crippen molar-refractivity contribution in [3.8, 4) is 5.75 Å². The number of nitro groups is 1. The van der Waals surface area contributed by atoms with Crippen LogP contribution in [0.1, 0.15) is 0 Å². The monoisotopic (exact) mass is 317 g/mol. The third-order valence-electron chi connectivity index (χ3n) is 3.48. The molecule has 8 heteroatoms. The fourth-order valence-corrected chi connectivity index (χ4v) is 2.27. The van der Waals surface area contributed by atoms with E-state index in [1.807, 2.05) is 0 Å². The van der Waals surface area contributed by atoms with Gasteiger partial charge in [-0.3, -0.25) is 14.9 Å². The maximum Gasteiger partial charge on any atom is 0.295 e. The van der Waals surface area contributed by atoms with E-state index in [0.29, 0.717) is 17.1 Å². The molecule has 1 aliphatic heterocycles. The highest BCUT2D eigenvalue weighted by molar-refractivity contribution is 5.98. The Labute approximate surface area is 130 Å². The van der Waals surface area contributed by atoms with Crippen LogP contribution in [0.4, 0.5) is 27.1 Å². The maximum absolute atomic E-state index is 13.2. The predicted molar refractivity (Wildman–Crippen MR) is 81.7 cm³/mol. The van der Waals surface area contributed by atoms with E-state index in [4.69, 9.17) is 4.74 Å². The van der Waals surface area contributed by atoms with Gasteiger partial charge in [-0.15, -0.1) is 0 Å². The van der Waals surface area contributed by atoms with Crippen LogP contribution in [0.25, 0.3) is 0 Å². The summed E-state index contributed by atoms with van der Waals surface area (Å²) in [5.74, 6) is -0.333. The normalized spacial score (nSPS) is 13.3. The van der Waals surface area contributed by atoms with Crippen molar-refractivity contribution < 1.29 is 18.8 Å². The van der Waals surface area contributed by atoms with Crippen molar-refractivity contribution in [2.75, 3.05) is 23.9 Å². The lowest BCUT2D eigenvalue weighted by Gasteiger charge is -2.26. The van der Waals surface area contributed by atoms with Crippen molar-refractivity contribution in [1.29, 1.82) is 0 Å². The zero-order chi connectivity index (χ0) is 16.6. The van der Waals surface area contributed by atoms with Crippen molar-refractivity contribution >= 4 is 28.7 Å². The quantitative estimate of drug-likeness (QED) is 0.695. The molecule has 1 heterocycles. The minimum absolute atomic E-state index is 0.0281. The van der Waals surface area contributed by atoms with Gasteiger partial charge in [-0.2, -0.15) is 0 Å². The lowest BCUT2D eigenvalue weighted by atomic mass is 10.2. The number of nitro benzene ring substituents is 1. The molecule has 0 bridgehead atoms. The molecule has 118 valence electrons. The molecule has 23 heavy (non-hydrogen) atoms. The average molecular weight is 317 g/mol. The lowest BCUT2D eigenvalue weighted by molar-refractivity contribution is -0.384. The zero-order valence-electron chi connectivity index (χ0n) is 12.1. The molecular formula is C15H12FN3O4. The number of nitrogens with one attached hydrogen (secondary N) is 1. The molecule has 0 aromatic heterocycles. The van der Waals surface area contributed by atoms with Crippen molar-refractivity contribution in [1.82, 2.24) is 0 Å². The summed E-state index contributed by atoms with van der Waals surface area (Å²) in [6, 6.07) is 8.23. The van der Waals surface area contributed by atoms with Gasteiger partial charge in [0.25, 0.3) is 11.6 Å². The number of hydrogen-bond donors (Lipinski definition) is 1. The number of anilines is 3. The number of halogens is 1. The Hall–Kier alpha value is -3.16. The van der Waals surface area contributed by atoms with E-state index in [-0.39, 0.29) is 23.9 Å². The Morgan fingerprint density at radius 2 is 2.09 bits per heavy atom. The number of nitrogens with zero attached hydrogens (tertiary/aromatic N) is 2. The second-order valence-electron chi connectivity index (χ2n) is 4.97. The van der Waals surface area contributed by atoms with E-state index in [0.717, 1.165) is 12.1 Å². The fraction of sp³-hybridized carbons (Fsp3) is 0.133. The zero-order valence-corrected chi connectivity index (χ0v) is 12.1. The Bertz CT molecular complexity index is 809. The predicted octanol–water partition coefficient (Wildman–Crippen LogP) is 2.83. The summed E-state index contributed by atoms with van der Waals surface area (Å²) in [4.78, 5) is 23.5. The van der Waals surface area contributed by atoms with Crippen molar-refractivity contribution in [2.24, 2.45) is 0 Å². The van der Waals surface area contributed by atoms with Crippen molar-refractivity contribution in [3.05, 3.63) is 52.3 Å². The standard InChI is InChI=1S/C15H12FN3O4/c1-18-13-7-10(3-5-14(13)23-8-15(18)20)17-11-4-2-9(16)6-12(11)19(21)22/h2-7,17H,8H2,1H3. The number of benzene rings is 2. The van der Waals surface area contributed by atoms with Gasteiger partial charge in [0, 0.05) is 12.7 Å². The number of hydrogen-bond acceptors (Lipinski definition) is 5. The number of ether oxygens (including phenoxy) is 1. The van der Waals surface area contributed by atoms with Crippen LogP contribution < -0.4 is 15.0 Å². The van der Waals surface area contributed by atoms with E-state index in [9.17, 15) is 19.3 Å². The average Bonchev–Trinajstić information content (AvgIpc) is 2.53. The third-order valence-corrected chi connectivity index (χ3v) is 3.48. The van der Waals surface area contributed by atoms with Gasteiger partial charge in [-0.25, -0.2) is 4.39 Å². The van der Waals surface area contributed by atoms with E-state index >= 15 is 0 Å². The SMILES string of the molecule is CN1C(=O)COc2ccc(Nc3ccc(F)cc3[N+](=O)[O-])cc21. The molecule has 2 aromatic carbocycles. The molecule has 0 saturated heterocycles. The molecule has 7 nitrogen and oxygen atoms in total. The molecule has 0 radical (unpaired) electrons. The van der Waals surface area contributed by atoms with Crippen LogP contribution in [0.3, 0.4) is 0 Å². The Balaban J connectivity index is 1.96. The fourth-order valence-electron chi connectivity index (χ4n) is 2.27. The summed E-state index contributed by atoms with van der Waals surface area (Å²) in [6.07, 6.45) is 0. The molecule has 0 saturated carbocycles. The van der Waals surface area contributed by atoms with Gasteiger partial charge in [0.15, 0.2) is 6.61 Å². The van der Waals surface area contributed by atoms with Crippen LogP contribution in [0, 0.1) is 15.9 Å². The first-order chi connectivity index (χ1) is 11.0. The molecule has 0 atom stereocenters. The number of likely N-dealkylation sites (N-methyl/N-ethyl adjacent to an activating group) is 1. The highest BCUT2D eigenvalue weighted by Crippen LogP contribution is 2.36. The van der Waals surface area contributed by atoms with E-state index < -0.39 is 10.7 Å². The maximum atomic E-state index is 13.2. The summed E-state index contributed by atoms with van der Waals surface area (Å²) in [6.45, 7) is -0.0281. The molecule has 0 fully saturated rings. The van der Waals surface area contributed by atoms with Gasteiger partial charge in [-0.1, -0.05) is 0 Å². The van der Waals surface area contributed by atoms with E-state index in [1.54, 1.807) is 25.2 Å². The van der Waals surface area contributed by atoms with E-state index in [2.05, 4.69) is 5.32 Å². The minimum atomic E-state index is -0.688. The first kappa shape index (κ1) is 14.8. The number of carbonyl (C=O) groups is 1.